The molecule has 0 saturated carbocycles. The summed E-state index contributed by atoms with van der Waals surface area (Å²) in [6.45, 7) is 2.40. The van der Waals surface area contributed by atoms with E-state index in [1.165, 1.54) is 41.7 Å². The number of nitrogens with zero attached hydrogens (tertiary/aromatic N) is 4. The molecule has 2 heterocycles. The van der Waals surface area contributed by atoms with Gasteiger partial charge in [0.25, 0.3) is 11.1 Å². The zero-order chi connectivity index (χ0) is 16.4. The molecule has 0 aromatic carbocycles. The minimum absolute atomic E-state index is 0.310. The molecular formula is C14H18N4O4. The zero-order valence-electron chi connectivity index (χ0n) is 12.8. The van der Waals surface area contributed by atoms with Crippen molar-refractivity contribution >= 4 is 0 Å². The molecule has 0 spiro atoms. The van der Waals surface area contributed by atoms with Crippen LogP contribution in [0.1, 0.15) is 12.0 Å². The maximum atomic E-state index is 12.0. The van der Waals surface area contributed by atoms with E-state index in [0.29, 0.717) is 25.1 Å². The summed E-state index contributed by atoms with van der Waals surface area (Å²) in [5, 5.41) is 0. The lowest BCUT2D eigenvalue weighted by Gasteiger charge is -2.10. The van der Waals surface area contributed by atoms with Crippen LogP contribution in [0.2, 0.25) is 0 Å². The third kappa shape index (κ3) is 2.85. The Bertz CT molecular complexity index is 930. The largest absolute Gasteiger partial charge is 0.330 e. The molecule has 0 aliphatic carbocycles. The van der Waals surface area contributed by atoms with Crippen molar-refractivity contribution in [2.24, 2.45) is 14.1 Å². The van der Waals surface area contributed by atoms with Crippen LogP contribution in [0, 0.1) is 6.92 Å². The Kier molecular flexibility index (Phi) is 4.30. The van der Waals surface area contributed by atoms with Crippen LogP contribution in [-0.4, -0.2) is 18.3 Å². The average molecular weight is 306 g/mol. The summed E-state index contributed by atoms with van der Waals surface area (Å²) >= 11 is 0. The smallest absolute Gasteiger partial charge is 0.300 e. The standard InChI is InChI=1S/C14H18N4O4/c1-10-9-18(14(22)16(3)12(10)20)7-4-6-17-8-5-11(19)15(2)13(17)21/h5,8-9H,4,6-7H2,1-3H3. The Morgan fingerprint density at radius 1 is 0.909 bits per heavy atom. The molecule has 0 unspecified atom stereocenters. The highest BCUT2D eigenvalue weighted by Crippen LogP contribution is 1.92. The van der Waals surface area contributed by atoms with Crippen molar-refractivity contribution in [3.63, 3.8) is 0 Å². The number of hydrogen-bond acceptors (Lipinski definition) is 4. The first kappa shape index (κ1) is 15.7. The van der Waals surface area contributed by atoms with E-state index in [2.05, 4.69) is 0 Å². The van der Waals surface area contributed by atoms with Gasteiger partial charge in [0.2, 0.25) is 0 Å². The van der Waals surface area contributed by atoms with E-state index in [0.717, 1.165) is 9.13 Å². The van der Waals surface area contributed by atoms with Crippen LogP contribution in [0.5, 0.6) is 0 Å². The van der Waals surface area contributed by atoms with Crippen molar-refractivity contribution in [2.75, 3.05) is 0 Å². The summed E-state index contributed by atoms with van der Waals surface area (Å²) < 4.78 is 4.96. The Hall–Kier alpha value is -2.64. The first-order valence-corrected chi connectivity index (χ1v) is 6.86. The van der Waals surface area contributed by atoms with Gasteiger partial charge in [0, 0.05) is 51.2 Å². The summed E-state index contributed by atoms with van der Waals surface area (Å²) in [6, 6.07) is 1.32. The topological polar surface area (TPSA) is 88.0 Å². The van der Waals surface area contributed by atoms with Crippen molar-refractivity contribution in [3.05, 3.63) is 65.7 Å². The van der Waals surface area contributed by atoms with Crippen LogP contribution in [0.15, 0.2) is 37.6 Å². The van der Waals surface area contributed by atoms with Crippen molar-refractivity contribution < 1.29 is 0 Å². The molecule has 8 heteroatoms. The second-order valence-corrected chi connectivity index (χ2v) is 5.19. The summed E-state index contributed by atoms with van der Waals surface area (Å²) in [6.07, 6.45) is 3.49. The maximum absolute atomic E-state index is 12.0. The second-order valence-electron chi connectivity index (χ2n) is 5.19. The fraction of sp³-hybridized carbons (Fsp3) is 0.429. The van der Waals surface area contributed by atoms with Crippen LogP contribution in [0.3, 0.4) is 0 Å². The van der Waals surface area contributed by atoms with E-state index < -0.39 is 5.69 Å². The van der Waals surface area contributed by atoms with Gasteiger partial charge in [-0.05, 0) is 13.3 Å². The van der Waals surface area contributed by atoms with Gasteiger partial charge < -0.3 is 9.13 Å². The molecule has 0 aliphatic heterocycles. The Labute approximate surface area is 125 Å². The lowest BCUT2D eigenvalue weighted by Crippen LogP contribution is -2.39. The zero-order valence-corrected chi connectivity index (χ0v) is 12.8. The molecule has 8 nitrogen and oxygen atoms in total. The summed E-state index contributed by atoms with van der Waals surface area (Å²) in [5.41, 5.74) is -0.956. The van der Waals surface area contributed by atoms with Crippen LogP contribution in [0.25, 0.3) is 0 Å². The molecule has 0 atom stereocenters. The van der Waals surface area contributed by atoms with E-state index in [-0.39, 0.29) is 16.8 Å². The highest BCUT2D eigenvalue weighted by molar-refractivity contribution is 5.02. The van der Waals surface area contributed by atoms with Crippen LogP contribution >= 0.6 is 0 Å². The highest BCUT2D eigenvalue weighted by atomic mass is 16.2. The number of rotatable bonds is 4. The summed E-state index contributed by atoms with van der Waals surface area (Å²) in [7, 11) is 2.85. The lowest BCUT2D eigenvalue weighted by atomic mass is 10.3. The first-order chi connectivity index (χ1) is 10.3. The molecule has 22 heavy (non-hydrogen) atoms. The number of hydrogen-bond donors (Lipinski definition) is 0. The van der Waals surface area contributed by atoms with Gasteiger partial charge in [-0.3, -0.25) is 18.7 Å². The van der Waals surface area contributed by atoms with Gasteiger partial charge in [0.15, 0.2) is 0 Å². The number of aromatic nitrogens is 4. The van der Waals surface area contributed by atoms with Gasteiger partial charge in [-0.2, -0.15) is 0 Å². The summed E-state index contributed by atoms with van der Waals surface area (Å²) in [4.78, 5) is 46.8. The van der Waals surface area contributed by atoms with Gasteiger partial charge in [0.1, 0.15) is 0 Å². The van der Waals surface area contributed by atoms with Crippen LogP contribution in [0.4, 0.5) is 0 Å². The third-order valence-electron chi connectivity index (χ3n) is 3.58. The fourth-order valence-corrected chi connectivity index (χ4v) is 2.25. The second kappa shape index (κ2) is 6.00. The third-order valence-corrected chi connectivity index (χ3v) is 3.58. The van der Waals surface area contributed by atoms with Crippen molar-refractivity contribution in [1.29, 1.82) is 0 Å². The molecular weight excluding hydrogens is 288 g/mol. The first-order valence-electron chi connectivity index (χ1n) is 6.86. The minimum Gasteiger partial charge on any atom is -0.300 e. The minimum atomic E-state index is -0.392. The van der Waals surface area contributed by atoms with Gasteiger partial charge >= 0.3 is 11.4 Å². The monoisotopic (exact) mass is 306 g/mol. The van der Waals surface area contributed by atoms with Gasteiger partial charge in [-0.1, -0.05) is 0 Å². The Morgan fingerprint density at radius 3 is 2.18 bits per heavy atom. The van der Waals surface area contributed by atoms with E-state index in [1.54, 1.807) is 6.92 Å². The molecule has 118 valence electrons. The maximum Gasteiger partial charge on any atom is 0.330 e. The Balaban J connectivity index is 2.18. The predicted octanol–water partition coefficient (Wildman–Crippen LogP) is -1.19. The van der Waals surface area contributed by atoms with Gasteiger partial charge in [0.05, 0.1) is 0 Å². The lowest BCUT2D eigenvalue weighted by molar-refractivity contribution is 0.503. The van der Waals surface area contributed by atoms with Crippen molar-refractivity contribution in [2.45, 2.75) is 26.4 Å². The number of aryl methyl sites for hydroxylation is 3. The predicted molar refractivity (Wildman–Crippen MR) is 81.2 cm³/mol. The molecule has 0 fully saturated rings. The van der Waals surface area contributed by atoms with Crippen molar-refractivity contribution in [1.82, 2.24) is 18.3 Å². The molecule has 2 aromatic rings. The fourth-order valence-electron chi connectivity index (χ4n) is 2.25. The molecule has 0 N–H and O–H groups in total. The molecule has 0 radical (unpaired) electrons. The molecule has 0 bridgehead atoms. The van der Waals surface area contributed by atoms with Gasteiger partial charge in [-0.25, -0.2) is 9.59 Å². The molecule has 2 aromatic heterocycles. The quantitative estimate of drug-likeness (QED) is 0.710. The normalized spacial score (nSPS) is 10.9. The van der Waals surface area contributed by atoms with E-state index in [4.69, 9.17) is 0 Å². The molecule has 0 aliphatic rings. The van der Waals surface area contributed by atoms with Crippen LogP contribution in [-0.2, 0) is 27.2 Å². The molecule has 2 rings (SSSR count). The highest BCUT2D eigenvalue weighted by Gasteiger charge is 2.06. The SMILES string of the molecule is Cc1cn(CCCn2ccc(=O)n(C)c2=O)c(=O)n(C)c1=O. The van der Waals surface area contributed by atoms with E-state index >= 15 is 0 Å². The summed E-state index contributed by atoms with van der Waals surface area (Å²) in [5.74, 6) is 0. The molecule has 0 amide bonds. The molecule has 0 saturated heterocycles. The van der Waals surface area contributed by atoms with Gasteiger partial charge in [-0.15, -0.1) is 0 Å². The average Bonchev–Trinajstić information content (AvgIpc) is 2.50. The van der Waals surface area contributed by atoms with Crippen LogP contribution < -0.4 is 22.5 Å². The van der Waals surface area contributed by atoms with Crippen molar-refractivity contribution in [3.8, 4) is 0 Å². The van der Waals surface area contributed by atoms with E-state index in [1.807, 2.05) is 0 Å². The van der Waals surface area contributed by atoms with E-state index in [9.17, 15) is 19.2 Å². The Morgan fingerprint density at radius 2 is 1.50 bits per heavy atom.